The van der Waals surface area contributed by atoms with Crippen LogP contribution in [-0.2, 0) is 4.79 Å². The fourth-order valence-electron chi connectivity index (χ4n) is 2.22. The van der Waals surface area contributed by atoms with Crippen LogP contribution in [0.4, 0.5) is 10.5 Å². The minimum Gasteiger partial charge on any atom is -0.462 e. The van der Waals surface area contributed by atoms with Crippen LogP contribution in [0.5, 0.6) is 0 Å². The minimum absolute atomic E-state index is 0.142. The highest BCUT2D eigenvalue weighted by Crippen LogP contribution is 2.32. The van der Waals surface area contributed by atoms with Crippen LogP contribution in [0.3, 0.4) is 0 Å². The third-order valence-corrected chi connectivity index (χ3v) is 4.27. The first-order valence-electron chi connectivity index (χ1n) is 7.15. The zero-order valence-electron chi connectivity index (χ0n) is 12.8. The summed E-state index contributed by atoms with van der Waals surface area (Å²) in [6.45, 7) is 3.96. The Hall–Kier alpha value is -2.47. The molecular weight excluding hydrogens is 312 g/mol. The summed E-state index contributed by atoms with van der Waals surface area (Å²) in [6, 6.07) is 11.3. The average Bonchev–Trinajstić information content (AvgIpc) is 3.02. The van der Waals surface area contributed by atoms with Gasteiger partial charge in [0.2, 0.25) is 0 Å². The molecule has 2 amide bonds. The van der Waals surface area contributed by atoms with E-state index in [0.29, 0.717) is 10.7 Å². The van der Waals surface area contributed by atoms with Crippen LogP contribution >= 0.6 is 11.8 Å². The summed E-state index contributed by atoms with van der Waals surface area (Å²) in [4.78, 5) is 25.9. The first-order chi connectivity index (χ1) is 11.0. The molecule has 0 spiro atoms. The van der Waals surface area contributed by atoms with Crippen molar-refractivity contribution in [1.29, 1.82) is 0 Å². The van der Waals surface area contributed by atoms with Crippen molar-refractivity contribution in [2.24, 2.45) is 0 Å². The van der Waals surface area contributed by atoms with Gasteiger partial charge in [-0.1, -0.05) is 12.1 Å². The summed E-state index contributed by atoms with van der Waals surface area (Å²) in [5.74, 6) is 1.02. The van der Waals surface area contributed by atoms with Gasteiger partial charge >= 0.3 is 0 Å². The Morgan fingerprint density at radius 3 is 2.74 bits per heavy atom. The van der Waals surface area contributed by atoms with Crippen LogP contribution < -0.4 is 5.32 Å². The zero-order valence-corrected chi connectivity index (χ0v) is 13.6. The summed E-state index contributed by atoms with van der Waals surface area (Å²) in [7, 11) is 0. The molecule has 0 saturated carbocycles. The van der Waals surface area contributed by atoms with Crippen LogP contribution in [0.2, 0.25) is 0 Å². The Morgan fingerprint density at radius 1 is 1.22 bits per heavy atom. The Labute approximate surface area is 138 Å². The molecule has 0 unspecified atom stereocenters. The number of aryl methyl sites for hydroxylation is 2. The monoisotopic (exact) mass is 328 g/mol. The third kappa shape index (κ3) is 3.48. The van der Waals surface area contributed by atoms with Crippen LogP contribution in [-0.4, -0.2) is 22.7 Å². The highest BCUT2D eigenvalue weighted by Gasteiger charge is 2.35. The van der Waals surface area contributed by atoms with E-state index < -0.39 is 0 Å². The molecular formula is C17H16N2O3S. The lowest BCUT2D eigenvalue weighted by Gasteiger charge is -2.14. The standard InChI is InChI=1S/C17H16N2O3S/c1-11-4-3-5-13(8-11)18-10-19-16(20)15(23-17(19)21)9-14-7-6-12(2)22-14/h3-9,18H,10H2,1-2H3/b15-9+. The van der Waals surface area contributed by atoms with Gasteiger partial charge in [0, 0.05) is 11.8 Å². The number of benzene rings is 1. The van der Waals surface area contributed by atoms with E-state index in [9.17, 15) is 9.59 Å². The first-order valence-corrected chi connectivity index (χ1v) is 7.97. The molecule has 5 nitrogen and oxygen atoms in total. The lowest BCUT2D eigenvalue weighted by Crippen LogP contribution is -2.33. The van der Waals surface area contributed by atoms with Gasteiger partial charge < -0.3 is 9.73 Å². The quantitative estimate of drug-likeness (QED) is 0.860. The van der Waals surface area contributed by atoms with Crippen molar-refractivity contribution < 1.29 is 14.0 Å². The van der Waals surface area contributed by atoms with Gasteiger partial charge in [-0.15, -0.1) is 0 Å². The van der Waals surface area contributed by atoms with Gasteiger partial charge in [-0.2, -0.15) is 0 Å². The van der Waals surface area contributed by atoms with Crippen molar-refractivity contribution in [3.63, 3.8) is 0 Å². The predicted molar refractivity (Wildman–Crippen MR) is 90.9 cm³/mol. The molecule has 0 radical (unpaired) electrons. The Morgan fingerprint density at radius 2 is 2.04 bits per heavy atom. The normalized spacial score (nSPS) is 16.4. The molecule has 1 saturated heterocycles. The third-order valence-electron chi connectivity index (χ3n) is 3.37. The lowest BCUT2D eigenvalue weighted by molar-refractivity contribution is -0.122. The number of amides is 2. The van der Waals surface area contributed by atoms with E-state index in [1.807, 2.05) is 44.2 Å². The fraction of sp³-hybridized carbons (Fsp3) is 0.176. The van der Waals surface area contributed by atoms with Gasteiger partial charge in [0.15, 0.2) is 0 Å². The topological polar surface area (TPSA) is 62.6 Å². The summed E-state index contributed by atoms with van der Waals surface area (Å²) >= 11 is 0.923. The Bertz CT molecular complexity index is 795. The molecule has 1 N–H and O–H groups in total. The van der Waals surface area contributed by atoms with Crippen LogP contribution in [0.15, 0.2) is 45.7 Å². The molecule has 1 aliphatic heterocycles. The maximum absolute atomic E-state index is 12.3. The number of imide groups is 1. The average molecular weight is 328 g/mol. The molecule has 118 valence electrons. The van der Waals surface area contributed by atoms with Gasteiger partial charge in [-0.25, -0.2) is 0 Å². The van der Waals surface area contributed by atoms with Gasteiger partial charge in [0.25, 0.3) is 11.1 Å². The Kier molecular flexibility index (Phi) is 4.25. The van der Waals surface area contributed by atoms with E-state index in [4.69, 9.17) is 4.42 Å². The second-order valence-corrected chi connectivity index (χ2v) is 6.26. The number of nitrogens with one attached hydrogen (secondary N) is 1. The van der Waals surface area contributed by atoms with E-state index in [2.05, 4.69) is 5.32 Å². The molecule has 0 bridgehead atoms. The van der Waals surface area contributed by atoms with E-state index in [0.717, 1.165) is 28.8 Å². The summed E-state index contributed by atoms with van der Waals surface area (Å²) < 4.78 is 5.42. The molecule has 3 rings (SSSR count). The second-order valence-electron chi connectivity index (χ2n) is 5.26. The largest absolute Gasteiger partial charge is 0.462 e. The molecule has 1 aromatic heterocycles. The number of anilines is 1. The maximum atomic E-state index is 12.3. The molecule has 1 aromatic carbocycles. The molecule has 2 heterocycles. The summed E-state index contributed by atoms with van der Waals surface area (Å²) in [6.07, 6.45) is 1.60. The van der Waals surface area contributed by atoms with Crippen LogP contribution in [0, 0.1) is 13.8 Å². The van der Waals surface area contributed by atoms with E-state index in [1.54, 1.807) is 12.1 Å². The van der Waals surface area contributed by atoms with Crippen molar-refractivity contribution in [1.82, 2.24) is 4.90 Å². The number of hydrogen-bond acceptors (Lipinski definition) is 5. The number of carbonyl (C=O) groups excluding carboxylic acids is 2. The van der Waals surface area contributed by atoms with Gasteiger partial charge in [-0.3, -0.25) is 14.5 Å². The highest BCUT2D eigenvalue weighted by atomic mass is 32.2. The summed E-state index contributed by atoms with van der Waals surface area (Å²) in [5.41, 5.74) is 1.98. The lowest BCUT2D eigenvalue weighted by atomic mass is 10.2. The van der Waals surface area contributed by atoms with E-state index in [-0.39, 0.29) is 17.8 Å². The molecule has 0 atom stereocenters. The minimum atomic E-state index is -0.311. The van der Waals surface area contributed by atoms with Gasteiger partial charge in [0.05, 0.1) is 11.6 Å². The number of carbonyl (C=O) groups is 2. The van der Waals surface area contributed by atoms with Gasteiger partial charge in [0.1, 0.15) is 11.5 Å². The van der Waals surface area contributed by atoms with E-state index >= 15 is 0 Å². The van der Waals surface area contributed by atoms with Crippen molar-refractivity contribution >= 4 is 34.7 Å². The molecule has 1 fully saturated rings. The zero-order chi connectivity index (χ0) is 16.4. The second kappa shape index (κ2) is 6.34. The van der Waals surface area contributed by atoms with Crippen LogP contribution in [0.25, 0.3) is 6.08 Å². The molecule has 0 aliphatic carbocycles. The Balaban J connectivity index is 1.70. The number of hydrogen-bond donors (Lipinski definition) is 1. The maximum Gasteiger partial charge on any atom is 0.295 e. The molecule has 23 heavy (non-hydrogen) atoms. The highest BCUT2D eigenvalue weighted by molar-refractivity contribution is 8.18. The smallest absolute Gasteiger partial charge is 0.295 e. The molecule has 2 aromatic rings. The SMILES string of the molecule is Cc1cccc(NCN2C(=O)S/C(=C/c3ccc(C)o3)C2=O)c1. The number of thioether (sulfide) groups is 1. The number of rotatable bonds is 4. The predicted octanol–water partition coefficient (Wildman–Crippen LogP) is 4.00. The van der Waals surface area contributed by atoms with E-state index in [1.165, 1.54) is 4.90 Å². The van der Waals surface area contributed by atoms with Crippen LogP contribution in [0.1, 0.15) is 17.1 Å². The molecule has 6 heteroatoms. The van der Waals surface area contributed by atoms with Crippen molar-refractivity contribution in [2.75, 3.05) is 12.0 Å². The number of nitrogens with zero attached hydrogens (tertiary/aromatic N) is 1. The van der Waals surface area contributed by atoms with Crippen molar-refractivity contribution in [2.45, 2.75) is 13.8 Å². The first kappa shape index (κ1) is 15.4. The van der Waals surface area contributed by atoms with Crippen molar-refractivity contribution in [3.8, 4) is 0 Å². The number of furan rings is 1. The summed E-state index contributed by atoms with van der Waals surface area (Å²) in [5, 5.41) is 2.81. The van der Waals surface area contributed by atoms with Crippen molar-refractivity contribution in [3.05, 3.63) is 58.4 Å². The molecule has 1 aliphatic rings. The van der Waals surface area contributed by atoms with Gasteiger partial charge in [-0.05, 0) is 55.4 Å². The fourth-order valence-corrected chi connectivity index (χ4v) is 3.04.